The van der Waals surface area contributed by atoms with E-state index in [2.05, 4.69) is 23.8 Å². The molecule has 0 bridgehead atoms. The Balaban J connectivity index is 2.05. The third-order valence-electron chi connectivity index (χ3n) is 3.49. The van der Waals surface area contributed by atoms with Gasteiger partial charge in [-0.05, 0) is 25.2 Å². The average molecular weight is 234 g/mol. The van der Waals surface area contributed by atoms with Gasteiger partial charge >= 0.3 is 0 Å². The Labute approximate surface area is 103 Å². The molecule has 1 aromatic heterocycles. The molecule has 0 spiro atoms. The summed E-state index contributed by atoms with van der Waals surface area (Å²) in [7, 11) is 0. The monoisotopic (exact) mass is 234 g/mol. The van der Waals surface area contributed by atoms with Gasteiger partial charge in [-0.3, -0.25) is 4.79 Å². The van der Waals surface area contributed by atoms with Gasteiger partial charge in [0.15, 0.2) is 0 Å². The molecule has 1 fully saturated rings. The molecule has 1 heterocycles. The summed E-state index contributed by atoms with van der Waals surface area (Å²) in [5.74, 6) is 1.83. The van der Waals surface area contributed by atoms with Crippen LogP contribution in [0.3, 0.4) is 0 Å². The molecule has 1 saturated carbocycles. The number of hydrogen-bond donors (Lipinski definition) is 1. The molecule has 1 aliphatic rings. The molecule has 94 valence electrons. The van der Waals surface area contributed by atoms with Gasteiger partial charge in [0.25, 0.3) is 5.56 Å². The van der Waals surface area contributed by atoms with Crippen LogP contribution >= 0.6 is 0 Å². The van der Waals surface area contributed by atoms with Crippen LogP contribution in [0.1, 0.15) is 75.7 Å². The van der Waals surface area contributed by atoms with Crippen LogP contribution in [0.15, 0.2) is 10.9 Å². The third kappa shape index (κ3) is 3.42. The van der Waals surface area contributed by atoms with Gasteiger partial charge in [0, 0.05) is 12.0 Å². The van der Waals surface area contributed by atoms with Crippen molar-refractivity contribution in [2.75, 3.05) is 0 Å². The zero-order chi connectivity index (χ0) is 12.3. The molecular weight excluding hydrogens is 212 g/mol. The van der Waals surface area contributed by atoms with Crippen LogP contribution in [-0.2, 0) is 0 Å². The summed E-state index contributed by atoms with van der Waals surface area (Å²) in [6.07, 6.45) is 7.22. The maximum Gasteiger partial charge on any atom is 0.251 e. The van der Waals surface area contributed by atoms with Crippen LogP contribution in [0.25, 0.3) is 0 Å². The summed E-state index contributed by atoms with van der Waals surface area (Å²) >= 11 is 0. The van der Waals surface area contributed by atoms with Gasteiger partial charge in [0.1, 0.15) is 5.82 Å². The Morgan fingerprint density at radius 3 is 2.88 bits per heavy atom. The highest BCUT2D eigenvalue weighted by Gasteiger charge is 2.26. The van der Waals surface area contributed by atoms with Gasteiger partial charge in [0.05, 0.1) is 5.69 Å². The molecule has 0 radical (unpaired) electrons. The molecular formula is C14H22N2O. The molecule has 1 unspecified atom stereocenters. The molecule has 1 N–H and O–H groups in total. The van der Waals surface area contributed by atoms with E-state index in [1.54, 1.807) is 6.07 Å². The van der Waals surface area contributed by atoms with Gasteiger partial charge in [-0.2, -0.15) is 0 Å². The zero-order valence-electron chi connectivity index (χ0n) is 10.8. The Bertz CT molecular complexity index is 420. The minimum absolute atomic E-state index is 0.0132. The lowest BCUT2D eigenvalue weighted by Crippen LogP contribution is -2.13. The molecule has 0 aromatic carbocycles. The number of unbranched alkanes of at least 4 members (excludes halogenated alkanes) is 2. The van der Waals surface area contributed by atoms with Gasteiger partial charge in [-0.1, -0.05) is 33.1 Å². The second-order valence-corrected chi connectivity index (χ2v) is 5.23. The highest BCUT2D eigenvalue weighted by molar-refractivity contribution is 5.12. The maximum atomic E-state index is 11.6. The first kappa shape index (κ1) is 12.3. The maximum absolute atomic E-state index is 11.6. The fourth-order valence-corrected chi connectivity index (χ4v) is 2.15. The highest BCUT2D eigenvalue weighted by Crippen LogP contribution is 2.37. The Hall–Kier alpha value is -1.12. The van der Waals surface area contributed by atoms with E-state index in [0.29, 0.717) is 11.8 Å². The van der Waals surface area contributed by atoms with E-state index < -0.39 is 0 Å². The fraction of sp³-hybridized carbons (Fsp3) is 0.714. The molecule has 0 saturated heterocycles. The van der Waals surface area contributed by atoms with E-state index in [0.717, 1.165) is 17.9 Å². The number of nitrogens with one attached hydrogen (secondary N) is 1. The van der Waals surface area contributed by atoms with Crippen molar-refractivity contribution in [2.24, 2.45) is 0 Å². The fourth-order valence-electron chi connectivity index (χ4n) is 2.15. The number of aromatic nitrogens is 2. The van der Waals surface area contributed by atoms with Gasteiger partial charge in [-0.25, -0.2) is 4.98 Å². The first-order chi connectivity index (χ1) is 8.20. The minimum atomic E-state index is 0.0132. The quantitative estimate of drug-likeness (QED) is 0.767. The van der Waals surface area contributed by atoms with Crippen molar-refractivity contribution in [3.8, 4) is 0 Å². The second-order valence-electron chi connectivity index (χ2n) is 5.23. The van der Waals surface area contributed by atoms with Crippen molar-refractivity contribution >= 4 is 0 Å². The van der Waals surface area contributed by atoms with Crippen molar-refractivity contribution in [2.45, 2.75) is 64.2 Å². The molecule has 2 rings (SSSR count). The molecule has 17 heavy (non-hydrogen) atoms. The van der Waals surface area contributed by atoms with Crippen molar-refractivity contribution in [3.05, 3.63) is 27.9 Å². The van der Waals surface area contributed by atoms with Crippen molar-refractivity contribution in [3.63, 3.8) is 0 Å². The smallest absolute Gasteiger partial charge is 0.251 e. The predicted octanol–water partition coefficient (Wildman–Crippen LogP) is 3.33. The number of nitrogens with zero attached hydrogens (tertiary/aromatic N) is 1. The topological polar surface area (TPSA) is 45.8 Å². The highest BCUT2D eigenvalue weighted by atomic mass is 16.1. The Morgan fingerprint density at radius 1 is 1.47 bits per heavy atom. The lowest BCUT2D eigenvalue weighted by Gasteiger charge is -2.11. The van der Waals surface area contributed by atoms with Crippen molar-refractivity contribution in [1.82, 2.24) is 9.97 Å². The summed E-state index contributed by atoms with van der Waals surface area (Å²) < 4.78 is 0. The van der Waals surface area contributed by atoms with Crippen LogP contribution in [0.5, 0.6) is 0 Å². The number of aromatic amines is 1. The molecule has 1 aliphatic carbocycles. The normalized spacial score (nSPS) is 17.1. The summed E-state index contributed by atoms with van der Waals surface area (Å²) in [4.78, 5) is 19.1. The number of hydrogen-bond acceptors (Lipinski definition) is 2. The Kier molecular flexibility index (Phi) is 3.97. The minimum Gasteiger partial charge on any atom is -0.310 e. The van der Waals surface area contributed by atoms with Crippen LogP contribution in [-0.4, -0.2) is 9.97 Å². The predicted molar refractivity (Wildman–Crippen MR) is 69.4 cm³/mol. The number of rotatable bonds is 6. The van der Waals surface area contributed by atoms with Crippen LogP contribution < -0.4 is 5.56 Å². The van der Waals surface area contributed by atoms with E-state index in [4.69, 9.17) is 0 Å². The SMILES string of the molecule is CCCCCC(C)c1cc(=O)[nH]c(C2CC2)n1. The van der Waals surface area contributed by atoms with Crippen LogP contribution in [0.4, 0.5) is 0 Å². The van der Waals surface area contributed by atoms with Crippen molar-refractivity contribution in [1.29, 1.82) is 0 Å². The molecule has 1 aromatic rings. The van der Waals surface area contributed by atoms with Gasteiger partial charge in [-0.15, -0.1) is 0 Å². The lowest BCUT2D eigenvalue weighted by atomic mass is 9.99. The van der Waals surface area contributed by atoms with E-state index in [9.17, 15) is 4.79 Å². The largest absolute Gasteiger partial charge is 0.310 e. The van der Waals surface area contributed by atoms with E-state index >= 15 is 0 Å². The summed E-state index contributed by atoms with van der Waals surface area (Å²) in [5.41, 5.74) is 0.992. The van der Waals surface area contributed by atoms with E-state index in [1.165, 1.54) is 32.1 Å². The summed E-state index contributed by atoms with van der Waals surface area (Å²) in [6, 6.07) is 1.67. The van der Waals surface area contributed by atoms with Crippen molar-refractivity contribution < 1.29 is 0 Å². The standard InChI is InChI=1S/C14H22N2O/c1-3-4-5-6-10(2)12-9-13(17)16-14(15-12)11-7-8-11/h9-11H,3-8H2,1-2H3,(H,15,16,17). The summed E-state index contributed by atoms with van der Waals surface area (Å²) in [6.45, 7) is 4.38. The number of H-pyrrole nitrogens is 1. The van der Waals surface area contributed by atoms with E-state index in [1.807, 2.05) is 0 Å². The first-order valence-electron chi connectivity index (χ1n) is 6.82. The van der Waals surface area contributed by atoms with Crippen LogP contribution in [0.2, 0.25) is 0 Å². The lowest BCUT2D eigenvalue weighted by molar-refractivity contribution is 0.583. The second kappa shape index (κ2) is 5.48. The third-order valence-corrected chi connectivity index (χ3v) is 3.49. The van der Waals surface area contributed by atoms with Gasteiger partial charge < -0.3 is 4.98 Å². The molecule has 1 atom stereocenters. The molecule has 3 heteroatoms. The van der Waals surface area contributed by atoms with Crippen LogP contribution in [0, 0.1) is 0 Å². The van der Waals surface area contributed by atoms with E-state index in [-0.39, 0.29) is 5.56 Å². The zero-order valence-corrected chi connectivity index (χ0v) is 10.8. The first-order valence-corrected chi connectivity index (χ1v) is 6.82. The summed E-state index contributed by atoms with van der Waals surface area (Å²) in [5, 5.41) is 0. The molecule has 0 aliphatic heterocycles. The Morgan fingerprint density at radius 2 is 2.24 bits per heavy atom. The average Bonchev–Trinajstić information content (AvgIpc) is 3.12. The molecule has 3 nitrogen and oxygen atoms in total. The molecule has 0 amide bonds. The van der Waals surface area contributed by atoms with Gasteiger partial charge in [0.2, 0.25) is 0 Å².